The maximum absolute atomic E-state index is 12.5. The molecule has 2 aromatic rings. The number of carbonyl (C=O) groups is 1. The molecule has 0 unspecified atom stereocenters. The monoisotopic (exact) mass is 394 g/mol. The lowest BCUT2D eigenvalue weighted by atomic mass is 9.88. The fraction of sp³-hybridized carbons (Fsp3) is 0.350. The molecule has 0 radical (unpaired) electrons. The maximum atomic E-state index is 12.5. The molecule has 1 saturated carbocycles. The number of hydrogen-bond donors (Lipinski definition) is 2. The number of nitrogens with two attached hydrogens (primary N) is 1. The minimum absolute atomic E-state index is 0.0694. The highest BCUT2D eigenvalue weighted by molar-refractivity contribution is 7.97. The van der Waals surface area contributed by atoms with E-state index < -0.39 is 11.6 Å². The lowest BCUT2D eigenvalue weighted by Gasteiger charge is -2.20. The molecule has 0 atom stereocenters. The highest BCUT2D eigenvalue weighted by Gasteiger charge is 2.20. The second-order valence-electron chi connectivity index (χ2n) is 6.23. The van der Waals surface area contributed by atoms with Crippen LogP contribution in [0.1, 0.15) is 32.1 Å². The van der Waals surface area contributed by atoms with Gasteiger partial charge in [-0.05, 0) is 55.1 Å². The van der Waals surface area contributed by atoms with Gasteiger partial charge in [0.25, 0.3) is 0 Å². The first-order chi connectivity index (χ1) is 13.0. The van der Waals surface area contributed by atoms with Gasteiger partial charge >= 0.3 is 0 Å². The Morgan fingerprint density at radius 2 is 1.85 bits per heavy atom. The minimum atomic E-state index is -0.940. The van der Waals surface area contributed by atoms with Gasteiger partial charge in [0.2, 0.25) is 11.7 Å². The maximum Gasteiger partial charge on any atom is 0.227 e. The molecule has 0 heterocycles. The molecule has 1 aliphatic carbocycles. The van der Waals surface area contributed by atoms with Crippen LogP contribution in [0, 0.1) is 17.6 Å². The van der Waals surface area contributed by atoms with Crippen molar-refractivity contribution in [1.82, 2.24) is 0 Å². The highest BCUT2D eigenvalue weighted by Crippen LogP contribution is 2.25. The van der Waals surface area contributed by atoms with Gasteiger partial charge in [0, 0.05) is 16.5 Å². The third-order valence-corrected chi connectivity index (χ3v) is 4.88. The molecule has 27 heavy (non-hydrogen) atoms. The third-order valence-electron chi connectivity index (χ3n) is 4.35. The van der Waals surface area contributed by atoms with Gasteiger partial charge in [-0.15, -0.1) is 0 Å². The Balaban J connectivity index is 0.000000223. The van der Waals surface area contributed by atoms with Crippen LogP contribution in [-0.2, 0) is 4.79 Å². The standard InChI is InChI=1S/C13H18N2OS.C7H6F2O/c14-17-12-8-4-7-11(9-12)15-13(16)10-5-2-1-3-6-10;1-10-6-4-2-3-5(8)7(6)9/h4,7-10H,1-3,5-6,14H2,(H,15,16);2-4H,1H3. The Labute approximate surface area is 162 Å². The molecule has 146 valence electrons. The summed E-state index contributed by atoms with van der Waals surface area (Å²) in [6.07, 6.45) is 5.67. The van der Waals surface area contributed by atoms with Gasteiger partial charge in [-0.2, -0.15) is 4.39 Å². The van der Waals surface area contributed by atoms with E-state index in [1.165, 1.54) is 50.5 Å². The molecular weight excluding hydrogens is 370 g/mol. The van der Waals surface area contributed by atoms with E-state index in [1.54, 1.807) is 0 Å². The quantitative estimate of drug-likeness (QED) is 0.705. The van der Waals surface area contributed by atoms with Crippen molar-refractivity contribution in [3.63, 3.8) is 0 Å². The van der Waals surface area contributed by atoms with Crippen LogP contribution in [-0.4, -0.2) is 13.0 Å². The zero-order valence-corrected chi connectivity index (χ0v) is 16.0. The number of anilines is 1. The smallest absolute Gasteiger partial charge is 0.227 e. The van der Waals surface area contributed by atoms with Crippen molar-refractivity contribution in [1.29, 1.82) is 0 Å². The first-order valence-electron chi connectivity index (χ1n) is 8.80. The lowest BCUT2D eigenvalue weighted by Crippen LogP contribution is -2.24. The predicted molar refractivity (Wildman–Crippen MR) is 105 cm³/mol. The topological polar surface area (TPSA) is 64.3 Å². The molecule has 0 saturated heterocycles. The van der Waals surface area contributed by atoms with E-state index in [0.29, 0.717) is 0 Å². The van der Waals surface area contributed by atoms with Crippen LogP contribution in [0.4, 0.5) is 14.5 Å². The minimum Gasteiger partial charge on any atom is -0.494 e. The molecular formula is C20H24F2N2O2S. The summed E-state index contributed by atoms with van der Waals surface area (Å²) in [6.45, 7) is 0. The molecule has 1 aliphatic rings. The normalized spacial score (nSPS) is 14.1. The summed E-state index contributed by atoms with van der Waals surface area (Å²) in [7, 11) is 1.29. The molecule has 3 N–H and O–H groups in total. The fourth-order valence-electron chi connectivity index (χ4n) is 2.90. The van der Waals surface area contributed by atoms with Crippen LogP contribution in [0.15, 0.2) is 47.4 Å². The first-order valence-corrected chi connectivity index (χ1v) is 9.68. The average Bonchev–Trinajstić information content (AvgIpc) is 2.71. The van der Waals surface area contributed by atoms with Crippen LogP contribution in [0.3, 0.4) is 0 Å². The summed E-state index contributed by atoms with van der Waals surface area (Å²) in [5.74, 6) is -1.55. The molecule has 4 nitrogen and oxygen atoms in total. The van der Waals surface area contributed by atoms with Crippen LogP contribution in [0.5, 0.6) is 5.75 Å². The molecule has 3 rings (SSSR count). The molecule has 7 heteroatoms. The number of ether oxygens (including phenoxy) is 1. The molecule has 0 aliphatic heterocycles. The summed E-state index contributed by atoms with van der Waals surface area (Å²) in [4.78, 5) is 13.0. The van der Waals surface area contributed by atoms with Crippen LogP contribution < -0.4 is 15.2 Å². The van der Waals surface area contributed by atoms with E-state index in [0.717, 1.165) is 29.5 Å². The number of amides is 1. The van der Waals surface area contributed by atoms with Crippen molar-refractivity contribution in [3.8, 4) is 5.75 Å². The SMILES string of the molecule is COc1cccc(F)c1F.NSc1cccc(NC(=O)C2CCCCC2)c1. The van der Waals surface area contributed by atoms with Crippen molar-refractivity contribution in [2.24, 2.45) is 11.1 Å². The number of rotatable bonds is 4. The number of halogens is 2. The predicted octanol–water partition coefficient (Wildman–Crippen LogP) is 5.14. The Hall–Kier alpha value is -2.12. The number of nitrogens with one attached hydrogen (secondary N) is 1. The Morgan fingerprint density at radius 1 is 1.15 bits per heavy atom. The summed E-state index contributed by atoms with van der Waals surface area (Å²) in [5, 5.41) is 8.47. The largest absolute Gasteiger partial charge is 0.494 e. The number of hydrogen-bond acceptors (Lipinski definition) is 4. The van der Waals surface area contributed by atoms with E-state index in [1.807, 2.05) is 24.3 Å². The van der Waals surface area contributed by atoms with Gasteiger partial charge in [-0.1, -0.05) is 31.4 Å². The molecule has 0 spiro atoms. The lowest BCUT2D eigenvalue weighted by molar-refractivity contribution is -0.120. The zero-order valence-electron chi connectivity index (χ0n) is 15.2. The second kappa shape index (κ2) is 10.9. The van der Waals surface area contributed by atoms with Crippen molar-refractivity contribution in [2.75, 3.05) is 12.4 Å². The number of methoxy groups -OCH3 is 1. The van der Waals surface area contributed by atoms with Crippen LogP contribution in [0.2, 0.25) is 0 Å². The van der Waals surface area contributed by atoms with Crippen molar-refractivity contribution >= 4 is 23.5 Å². The molecule has 1 fully saturated rings. The van der Waals surface area contributed by atoms with Gasteiger partial charge < -0.3 is 10.1 Å². The number of carbonyl (C=O) groups excluding carboxylic acids is 1. The first kappa shape index (κ1) is 21.2. The van der Waals surface area contributed by atoms with Gasteiger partial charge in [-0.3, -0.25) is 9.93 Å². The van der Waals surface area contributed by atoms with E-state index in [-0.39, 0.29) is 17.6 Å². The summed E-state index contributed by atoms with van der Waals surface area (Å²) < 4.78 is 29.3. The van der Waals surface area contributed by atoms with Crippen molar-refractivity contribution < 1.29 is 18.3 Å². The Kier molecular flexibility index (Phi) is 8.54. The fourth-order valence-corrected chi connectivity index (χ4v) is 3.25. The Bertz CT molecular complexity index is 753. The summed E-state index contributed by atoms with van der Waals surface area (Å²) in [6, 6.07) is 11.4. The molecule has 2 aromatic carbocycles. The van der Waals surface area contributed by atoms with Gasteiger partial charge in [0.1, 0.15) is 0 Å². The van der Waals surface area contributed by atoms with Crippen molar-refractivity contribution in [3.05, 3.63) is 54.1 Å². The van der Waals surface area contributed by atoms with Crippen molar-refractivity contribution in [2.45, 2.75) is 37.0 Å². The van der Waals surface area contributed by atoms with E-state index in [2.05, 4.69) is 10.1 Å². The van der Waals surface area contributed by atoms with Crippen LogP contribution in [0.25, 0.3) is 0 Å². The van der Waals surface area contributed by atoms with Gasteiger partial charge in [0.15, 0.2) is 11.6 Å². The number of benzene rings is 2. The third kappa shape index (κ3) is 6.52. The second-order valence-corrected chi connectivity index (χ2v) is 6.93. The van der Waals surface area contributed by atoms with E-state index in [4.69, 9.17) is 5.14 Å². The summed E-state index contributed by atoms with van der Waals surface area (Å²) in [5.41, 5.74) is 0.844. The van der Waals surface area contributed by atoms with Gasteiger partial charge in [-0.25, -0.2) is 4.39 Å². The molecule has 0 aromatic heterocycles. The zero-order chi connectivity index (χ0) is 19.6. The molecule has 0 bridgehead atoms. The Morgan fingerprint density at radius 3 is 2.48 bits per heavy atom. The molecule has 1 amide bonds. The van der Waals surface area contributed by atoms with Crippen LogP contribution >= 0.6 is 11.9 Å². The van der Waals surface area contributed by atoms with E-state index >= 15 is 0 Å². The van der Waals surface area contributed by atoms with Gasteiger partial charge in [0.05, 0.1) is 7.11 Å². The van der Waals surface area contributed by atoms with E-state index in [9.17, 15) is 13.6 Å². The summed E-state index contributed by atoms with van der Waals surface area (Å²) >= 11 is 1.19. The average molecular weight is 394 g/mol. The highest BCUT2D eigenvalue weighted by atomic mass is 32.2.